The fourth-order valence-corrected chi connectivity index (χ4v) is 3.54. The fraction of sp³-hybridized carbons (Fsp3) is 0.500. The zero-order valence-corrected chi connectivity index (χ0v) is 11.8. The second kappa shape index (κ2) is 5.03. The Hall–Kier alpha value is -0.470. The van der Waals surface area contributed by atoms with Gasteiger partial charge < -0.3 is 0 Å². The normalized spacial score (nSPS) is 23.7. The van der Waals surface area contributed by atoms with E-state index >= 15 is 0 Å². The molecule has 1 aromatic rings. The Kier molecular flexibility index (Phi) is 3.84. The van der Waals surface area contributed by atoms with E-state index in [9.17, 15) is 4.79 Å². The number of ketones is 1. The van der Waals surface area contributed by atoms with E-state index in [1.807, 2.05) is 24.3 Å². The lowest BCUT2D eigenvalue weighted by molar-refractivity contribution is -0.121. The summed E-state index contributed by atoms with van der Waals surface area (Å²) >= 11 is 7.67. The molecular weight excluding hydrogens is 252 g/mol. The van der Waals surface area contributed by atoms with E-state index in [-0.39, 0.29) is 5.41 Å². The molecule has 1 aliphatic rings. The standard InChI is InChI=1S/C14H17ClOS/c1-14(2)8-7-11(16)9-13(14)17-12-5-3-10(15)4-6-12/h3-6,13H,7-9H2,1-2H3. The fourth-order valence-electron chi connectivity index (χ4n) is 2.09. The predicted octanol–water partition coefficient (Wildman–Crippen LogP) is 4.58. The average Bonchev–Trinajstić information content (AvgIpc) is 2.27. The number of carbonyl (C=O) groups excluding carboxylic acids is 1. The van der Waals surface area contributed by atoms with Crippen molar-refractivity contribution in [1.29, 1.82) is 0 Å². The van der Waals surface area contributed by atoms with Crippen LogP contribution >= 0.6 is 23.4 Å². The van der Waals surface area contributed by atoms with Crippen molar-refractivity contribution < 1.29 is 4.79 Å². The molecule has 2 rings (SSSR count). The molecule has 0 aliphatic heterocycles. The maximum atomic E-state index is 11.6. The lowest BCUT2D eigenvalue weighted by atomic mass is 9.76. The van der Waals surface area contributed by atoms with Crippen LogP contribution in [0.3, 0.4) is 0 Å². The van der Waals surface area contributed by atoms with Crippen LogP contribution in [0.2, 0.25) is 5.02 Å². The van der Waals surface area contributed by atoms with Crippen LogP contribution < -0.4 is 0 Å². The van der Waals surface area contributed by atoms with Crippen LogP contribution in [-0.4, -0.2) is 11.0 Å². The molecule has 1 saturated carbocycles. The molecule has 0 N–H and O–H groups in total. The second-order valence-corrected chi connectivity index (χ2v) is 7.00. The monoisotopic (exact) mass is 268 g/mol. The van der Waals surface area contributed by atoms with E-state index in [1.54, 1.807) is 11.8 Å². The van der Waals surface area contributed by atoms with Crippen molar-refractivity contribution in [3.63, 3.8) is 0 Å². The van der Waals surface area contributed by atoms with Gasteiger partial charge in [-0.25, -0.2) is 0 Å². The summed E-state index contributed by atoms with van der Waals surface area (Å²) in [4.78, 5) is 12.8. The number of Topliss-reactive ketones (excluding diaryl/α,β-unsaturated/α-hetero) is 1. The molecule has 92 valence electrons. The topological polar surface area (TPSA) is 17.1 Å². The quantitative estimate of drug-likeness (QED) is 0.781. The van der Waals surface area contributed by atoms with Gasteiger partial charge in [-0.05, 0) is 36.1 Å². The second-order valence-electron chi connectivity index (χ2n) is 5.29. The smallest absolute Gasteiger partial charge is 0.134 e. The van der Waals surface area contributed by atoms with Gasteiger partial charge in [0, 0.05) is 28.0 Å². The molecule has 0 heterocycles. The van der Waals surface area contributed by atoms with E-state index < -0.39 is 0 Å². The number of hydrogen-bond donors (Lipinski definition) is 0. The highest BCUT2D eigenvalue weighted by Gasteiger charge is 2.36. The molecule has 3 heteroatoms. The van der Waals surface area contributed by atoms with E-state index in [2.05, 4.69) is 13.8 Å². The van der Waals surface area contributed by atoms with Crippen molar-refractivity contribution in [2.75, 3.05) is 0 Å². The molecule has 1 unspecified atom stereocenters. The molecule has 1 aliphatic carbocycles. The summed E-state index contributed by atoms with van der Waals surface area (Å²) in [5.74, 6) is 0.399. The molecule has 0 saturated heterocycles. The Labute approximate surface area is 112 Å². The van der Waals surface area contributed by atoms with Crippen LogP contribution in [0.5, 0.6) is 0 Å². The first-order chi connectivity index (χ1) is 7.97. The first-order valence-electron chi connectivity index (χ1n) is 5.91. The van der Waals surface area contributed by atoms with Gasteiger partial charge in [-0.3, -0.25) is 4.79 Å². The third kappa shape index (κ3) is 3.26. The van der Waals surface area contributed by atoms with E-state index in [1.165, 1.54) is 4.90 Å². The molecule has 1 fully saturated rings. The van der Waals surface area contributed by atoms with Gasteiger partial charge >= 0.3 is 0 Å². The van der Waals surface area contributed by atoms with Gasteiger partial charge in [0.05, 0.1) is 0 Å². The van der Waals surface area contributed by atoms with Crippen LogP contribution in [0, 0.1) is 5.41 Å². The molecule has 1 nitrogen and oxygen atoms in total. The lowest BCUT2D eigenvalue weighted by Crippen LogP contribution is -2.34. The van der Waals surface area contributed by atoms with Crippen molar-refractivity contribution in [2.24, 2.45) is 5.41 Å². The Bertz CT molecular complexity index is 411. The lowest BCUT2D eigenvalue weighted by Gasteiger charge is -2.37. The molecule has 1 aromatic carbocycles. The van der Waals surface area contributed by atoms with E-state index in [0.29, 0.717) is 17.5 Å². The van der Waals surface area contributed by atoms with Gasteiger partial charge in [0.25, 0.3) is 0 Å². The van der Waals surface area contributed by atoms with Gasteiger partial charge in [-0.15, -0.1) is 11.8 Å². The Balaban J connectivity index is 2.10. The van der Waals surface area contributed by atoms with Crippen molar-refractivity contribution in [2.45, 2.75) is 43.3 Å². The minimum absolute atomic E-state index is 0.234. The third-order valence-electron chi connectivity index (χ3n) is 3.42. The van der Waals surface area contributed by atoms with Crippen LogP contribution in [0.25, 0.3) is 0 Å². The van der Waals surface area contributed by atoms with Gasteiger partial charge in [0.2, 0.25) is 0 Å². The first kappa shape index (κ1) is 13.0. The number of thioether (sulfide) groups is 1. The molecule has 0 radical (unpaired) electrons. The Morgan fingerprint density at radius 1 is 1.29 bits per heavy atom. The first-order valence-corrected chi connectivity index (χ1v) is 7.17. The zero-order chi connectivity index (χ0) is 12.5. The number of hydrogen-bond acceptors (Lipinski definition) is 2. The van der Waals surface area contributed by atoms with Crippen LogP contribution in [0.1, 0.15) is 33.1 Å². The maximum Gasteiger partial charge on any atom is 0.134 e. The van der Waals surface area contributed by atoms with E-state index in [0.717, 1.165) is 17.9 Å². The van der Waals surface area contributed by atoms with Crippen LogP contribution in [-0.2, 0) is 4.79 Å². The molecule has 1 atom stereocenters. The third-order valence-corrected chi connectivity index (χ3v) is 5.31. The summed E-state index contributed by atoms with van der Waals surface area (Å²) in [7, 11) is 0. The minimum atomic E-state index is 0.234. The van der Waals surface area contributed by atoms with Crippen molar-refractivity contribution in [1.82, 2.24) is 0 Å². The summed E-state index contributed by atoms with van der Waals surface area (Å²) in [6.45, 7) is 4.51. The number of carbonyl (C=O) groups is 1. The molecular formula is C14H17ClOS. The highest BCUT2D eigenvalue weighted by Crippen LogP contribution is 2.44. The molecule has 0 spiro atoms. The Morgan fingerprint density at radius 2 is 1.94 bits per heavy atom. The highest BCUT2D eigenvalue weighted by molar-refractivity contribution is 8.00. The summed E-state index contributed by atoms with van der Waals surface area (Å²) in [6.07, 6.45) is 2.43. The molecule has 0 aromatic heterocycles. The van der Waals surface area contributed by atoms with Crippen molar-refractivity contribution in [3.8, 4) is 0 Å². The summed E-state index contributed by atoms with van der Waals surface area (Å²) < 4.78 is 0. The van der Waals surface area contributed by atoms with Crippen molar-refractivity contribution in [3.05, 3.63) is 29.3 Å². The van der Waals surface area contributed by atoms with E-state index in [4.69, 9.17) is 11.6 Å². The summed E-state index contributed by atoms with van der Waals surface area (Å²) in [6, 6.07) is 7.87. The van der Waals surface area contributed by atoms with Crippen molar-refractivity contribution >= 4 is 29.1 Å². The zero-order valence-electron chi connectivity index (χ0n) is 10.2. The largest absolute Gasteiger partial charge is 0.300 e. The SMILES string of the molecule is CC1(C)CCC(=O)CC1Sc1ccc(Cl)cc1. The highest BCUT2D eigenvalue weighted by atomic mass is 35.5. The maximum absolute atomic E-state index is 11.6. The molecule has 17 heavy (non-hydrogen) atoms. The summed E-state index contributed by atoms with van der Waals surface area (Å²) in [5.41, 5.74) is 0.234. The minimum Gasteiger partial charge on any atom is -0.300 e. The molecule has 0 amide bonds. The predicted molar refractivity (Wildman–Crippen MR) is 73.7 cm³/mol. The van der Waals surface area contributed by atoms with Crippen LogP contribution in [0.4, 0.5) is 0 Å². The number of halogens is 1. The average molecular weight is 269 g/mol. The van der Waals surface area contributed by atoms with Gasteiger partial charge in [-0.2, -0.15) is 0 Å². The number of rotatable bonds is 2. The van der Waals surface area contributed by atoms with Gasteiger partial charge in [0.1, 0.15) is 5.78 Å². The number of benzene rings is 1. The summed E-state index contributed by atoms with van der Waals surface area (Å²) in [5, 5.41) is 1.14. The van der Waals surface area contributed by atoms with Crippen LogP contribution in [0.15, 0.2) is 29.2 Å². The molecule has 0 bridgehead atoms. The Morgan fingerprint density at radius 3 is 2.59 bits per heavy atom. The van der Waals surface area contributed by atoms with Gasteiger partial charge in [-0.1, -0.05) is 25.4 Å². The van der Waals surface area contributed by atoms with Gasteiger partial charge in [0.15, 0.2) is 0 Å².